The van der Waals surface area contributed by atoms with E-state index in [1.807, 2.05) is 27.7 Å². The summed E-state index contributed by atoms with van der Waals surface area (Å²) < 4.78 is 9.39. The summed E-state index contributed by atoms with van der Waals surface area (Å²) in [4.78, 5) is 11.4. The van der Waals surface area contributed by atoms with Crippen molar-refractivity contribution in [1.82, 2.24) is 0 Å². The predicted molar refractivity (Wildman–Crippen MR) is 214 cm³/mol. The van der Waals surface area contributed by atoms with E-state index in [1.165, 1.54) is 83.5 Å². The highest BCUT2D eigenvalue weighted by atomic mass is 32.1. The van der Waals surface area contributed by atoms with Crippen LogP contribution in [0, 0.1) is 23.2 Å². The van der Waals surface area contributed by atoms with E-state index >= 15 is 0 Å². The summed E-state index contributed by atoms with van der Waals surface area (Å²) in [7, 11) is 0. The van der Waals surface area contributed by atoms with Gasteiger partial charge in [-0.05, 0) is 55.9 Å². The first-order chi connectivity index (χ1) is 22.1. The Labute approximate surface area is 296 Å². The van der Waals surface area contributed by atoms with E-state index in [9.17, 15) is 4.79 Å². The number of ether oxygens (including phenoxy) is 1. The molecule has 46 heavy (non-hydrogen) atoms. The predicted octanol–water partition coefficient (Wildman–Crippen LogP) is 14.6. The number of carbonyl (C=O) groups excluding carboxylic acids is 1. The van der Waals surface area contributed by atoms with Gasteiger partial charge in [0, 0.05) is 12.3 Å². The zero-order valence-corrected chi connectivity index (χ0v) is 34.3. The number of hydrogen-bond donors (Lipinski definition) is 2. The Bertz CT molecular complexity index is 701. The highest BCUT2D eigenvalue weighted by Gasteiger charge is 2.12. The minimum Gasteiger partial charge on any atom is -0.477 e. The van der Waals surface area contributed by atoms with Crippen molar-refractivity contribution in [3.63, 3.8) is 0 Å². The van der Waals surface area contributed by atoms with Crippen molar-refractivity contribution in [2.75, 3.05) is 6.61 Å². The summed E-state index contributed by atoms with van der Waals surface area (Å²) in [6, 6.07) is 0. The lowest BCUT2D eigenvalue weighted by molar-refractivity contribution is -0.122. The molecule has 5 heteroatoms. The minimum absolute atomic E-state index is 0.149. The Balaban J connectivity index is -0.000000305. The van der Waals surface area contributed by atoms with Gasteiger partial charge < -0.3 is 4.74 Å². The number of Topliss-reactive ketones (excluding diaryl/α,β-unsaturated/α-hetero) is 1. The van der Waals surface area contributed by atoms with Gasteiger partial charge in [0.2, 0.25) is 5.90 Å². The van der Waals surface area contributed by atoms with Crippen molar-refractivity contribution in [2.24, 2.45) is 22.2 Å². The van der Waals surface area contributed by atoms with Crippen LogP contribution in [0.4, 0.5) is 0 Å². The third-order valence-corrected chi connectivity index (χ3v) is 8.58. The quantitative estimate of drug-likeness (QED) is 0.0440. The van der Waals surface area contributed by atoms with Gasteiger partial charge in [-0.15, -0.1) is 0 Å². The van der Waals surface area contributed by atoms with Gasteiger partial charge in [0.25, 0.3) is 0 Å². The minimum atomic E-state index is 0.149. The number of hydrogen-bond acceptors (Lipinski definition) is 5. The van der Waals surface area contributed by atoms with E-state index in [0.29, 0.717) is 18.1 Å². The standard InChI is InChI=1S/C17H34O.C15H28N2OS.C7H16.C2H6/c1-4-5-6-7-8-9-10-11-12-13-14-15-17(18)16(2)3;1-4-7-9-10-12-18-15(16)14(17-19)13(6-3)11-8-5-2;1-5-7(4)6(2)3;1-2/h16H,4-15H2,1-3H3;11,16,19H,4-10,12H2,1-3H3;6-7H,5H2,1-4H3;1-2H3/b;13-11+,16-15?,17-14-;;. The summed E-state index contributed by atoms with van der Waals surface area (Å²) in [6.07, 6.45) is 26.6. The Kier molecular flexibility index (Phi) is 47.1. The lowest BCUT2D eigenvalue weighted by Crippen LogP contribution is -2.19. The van der Waals surface area contributed by atoms with Crippen LogP contribution in [0.2, 0.25) is 0 Å². The molecule has 0 radical (unpaired) electrons. The number of allylic oxidation sites excluding steroid dienone is 1. The van der Waals surface area contributed by atoms with Gasteiger partial charge in [0.05, 0.1) is 6.61 Å². The zero-order valence-electron chi connectivity index (χ0n) is 33.4. The van der Waals surface area contributed by atoms with E-state index in [-0.39, 0.29) is 11.8 Å². The second-order valence-corrected chi connectivity index (χ2v) is 13.3. The molecule has 0 aromatic carbocycles. The van der Waals surface area contributed by atoms with Crippen LogP contribution in [-0.4, -0.2) is 24.0 Å². The van der Waals surface area contributed by atoms with Crippen LogP contribution in [0.1, 0.15) is 212 Å². The lowest BCUT2D eigenvalue weighted by Gasteiger charge is -2.11. The van der Waals surface area contributed by atoms with Crippen LogP contribution in [0.3, 0.4) is 0 Å². The van der Waals surface area contributed by atoms with Gasteiger partial charge in [0.1, 0.15) is 11.5 Å². The summed E-state index contributed by atoms with van der Waals surface area (Å²) in [6.45, 7) is 26.3. The Morgan fingerprint density at radius 1 is 0.717 bits per heavy atom. The van der Waals surface area contributed by atoms with Crippen LogP contribution in [0.5, 0.6) is 0 Å². The number of thiol groups is 1. The normalized spacial score (nSPS) is 12.0. The molecule has 4 nitrogen and oxygen atoms in total. The van der Waals surface area contributed by atoms with Crippen LogP contribution >= 0.6 is 12.8 Å². The van der Waals surface area contributed by atoms with E-state index in [2.05, 4.69) is 78.7 Å². The molecule has 0 amide bonds. The molecule has 276 valence electrons. The molecule has 1 atom stereocenters. The third-order valence-electron chi connectivity index (χ3n) is 8.38. The SMILES string of the molecule is CC.CCC(C)C(C)C.CCC/C=C(CC)/C(=N/S)C(=N)OCCCCCC.CCCCCCCCCCCCCC(=O)C(C)C. The van der Waals surface area contributed by atoms with Crippen molar-refractivity contribution in [3.8, 4) is 0 Å². The molecule has 0 saturated carbocycles. The molecule has 0 rings (SSSR count). The van der Waals surface area contributed by atoms with Crippen LogP contribution in [-0.2, 0) is 9.53 Å². The van der Waals surface area contributed by atoms with E-state index < -0.39 is 0 Å². The van der Waals surface area contributed by atoms with Gasteiger partial charge in [-0.25, -0.2) is 4.40 Å². The maximum Gasteiger partial charge on any atom is 0.233 e. The Morgan fingerprint density at radius 2 is 1.17 bits per heavy atom. The zero-order chi connectivity index (χ0) is 36.0. The fraction of sp³-hybridized carbons (Fsp3) is 0.878. The highest BCUT2D eigenvalue weighted by Crippen LogP contribution is 2.14. The third kappa shape index (κ3) is 37.4. The van der Waals surface area contributed by atoms with E-state index in [4.69, 9.17) is 10.1 Å². The average Bonchev–Trinajstić information content (AvgIpc) is 3.06. The van der Waals surface area contributed by atoms with Gasteiger partial charge in [-0.3, -0.25) is 10.2 Å². The molecule has 0 aromatic rings. The fourth-order valence-corrected chi connectivity index (χ4v) is 4.70. The summed E-state index contributed by atoms with van der Waals surface area (Å²) in [5, 5.41) is 7.95. The van der Waals surface area contributed by atoms with Crippen molar-refractivity contribution in [3.05, 3.63) is 11.6 Å². The van der Waals surface area contributed by atoms with Crippen LogP contribution in [0.15, 0.2) is 16.0 Å². The van der Waals surface area contributed by atoms with Gasteiger partial charge in [0.15, 0.2) is 0 Å². The number of nitrogens with zero attached hydrogens (tertiary/aromatic N) is 1. The lowest BCUT2D eigenvalue weighted by atomic mass is 9.96. The summed E-state index contributed by atoms with van der Waals surface area (Å²) in [5.74, 6) is 2.58. The molecular formula is C41H84N2O2S. The highest BCUT2D eigenvalue weighted by molar-refractivity contribution is 7.79. The number of rotatable bonds is 25. The second kappa shape index (κ2) is 41.9. The van der Waals surface area contributed by atoms with Crippen molar-refractivity contribution in [1.29, 1.82) is 5.41 Å². The molecule has 0 aliphatic carbocycles. The molecular weight excluding hydrogens is 585 g/mol. The largest absolute Gasteiger partial charge is 0.477 e. The topological polar surface area (TPSA) is 62.5 Å². The molecule has 1 unspecified atom stereocenters. The maximum absolute atomic E-state index is 11.4. The number of ketones is 1. The van der Waals surface area contributed by atoms with Crippen molar-refractivity contribution < 1.29 is 9.53 Å². The first-order valence-electron chi connectivity index (χ1n) is 19.7. The number of nitrogens with one attached hydrogen (secondary N) is 1. The van der Waals surface area contributed by atoms with Crippen LogP contribution < -0.4 is 0 Å². The fourth-order valence-electron chi connectivity index (χ4n) is 4.48. The van der Waals surface area contributed by atoms with Gasteiger partial charge in [-0.2, -0.15) is 0 Å². The Morgan fingerprint density at radius 3 is 1.52 bits per heavy atom. The molecule has 0 saturated heterocycles. The first-order valence-corrected chi connectivity index (χ1v) is 20.1. The monoisotopic (exact) mass is 669 g/mol. The first kappa shape index (κ1) is 51.7. The summed E-state index contributed by atoms with van der Waals surface area (Å²) in [5.41, 5.74) is 1.63. The summed E-state index contributed by atoms with van der Waals surface area (Å²) >= 11 is 3.98. The molecule has 0 fully saturated rings. The molecule has 0 spiro atoms. The molecule has 0 aliphatic heterocycles. The second-order valence-electron chi connectivity index (χ2n) is 13.1. The molecule has 1 N–H and O–H groups in total. The number of unbranched alkanes of at least 4 members (excludes halogenated alkanes) is 14. The molecule has 0 aromatic heterocycles. The average molecular weight is 669 g/mol. The van der Waals surface area contributed by atoms with Gasteiger partial charge in [-0.1, -0.05) is 185 Å². The maximum atomic E-state index is 11.4. The van der Waals surface area contributed by atoms with E-state index in [1.54, 1.807) is 0 Å². The van der Waals surface area contributed by atoms with Crippen LogP contribution in [0.25, 0.3) is 0 Å². The molecule has 0 bridgehead atoms. The van der Waals surface area contributed by atoms with Gasteiger partial charge >= 0.3 is 0 Å². The molecule has 0 aliphatic rings. The smallest absolute Gasteiger partial charge is 0.233 e. The molecule has 0 heterocycles. The number of carbonyl (C=O) groups is 1. The van der Waals surface area contributed by atoms with Crippen molar-refractivity contribution >= 4 is 30.2 Å². The van der Waals surface area contributed by atoms with E-state index in [0.717, 1.165) is 62.4 Å². The van der Waals surface area contributed by atoms with Crippen molar-refractivity contribution in [2.45, 2.75) is 212 Å². The Hall–Kier alpha value is -1.10.